The Morgan fingerprint density at radius 1 is 1.33 bits per heavy atom. The number of hydrogen-bond acceptors (Lipinski definition) is 2. The number of amides is 1. The Labute approximate surface area is 124 Å². The molecule has 0 saturated heterocycles. The zero-order valence-electron chi connectivity index (χ0n) is 9.60. The normalized spacial score (nSPS) is 14.4. The van der Waals surface area contributed by atoms with E-state index in [1.165, 1.54) is 12.8 Å². The average Bonchev–Trinajstić information content (AvgIpc) is 3.16. The summed E-state index contributed by atoms with van der Waals surface area (Å²) in [7, 11) is 0. The van der Waals surface area contributed by atoms with E-state index in [4.69, 9.17) is 23.2 Å². The maximum absolute atomic E-state index is 11.6. The van der Waals surface area contributed by atoms with Crippen LogP contribution in [0.5, 0.6) is 0 Å². The Morgan fingerprint density at radius 3 is 2.72 bits per heavy atom. The van der Waals surface area contributed by atoms with Crippen molar-refractivity contribution in [1.82, 2.24) is 5.32 Å². The summed E-state index contributed by atoms with van der Waals surface area (Å²) in [5.74, 6) is 0.650. The van der Waals surface area contributed by atoms with Gasteiger partial charge in [0.2, 0.25) is 5.91 Å². The van der Waals surface area contributed by atoms with Crippen molar-refractivity contribution in [2.24, 2.45) is 5.92 Å². The number of rotatable bonds is 5. The highest BCUT2D eigenvalue weighted by Crippen LogP contribution is 2.35. The Kier molecular flexibility index (Phi) is 4.76. The van der Waals surface area contributed by atoms with E-state index in [9.17, 15) is 4.79 Å². The largest absolute Gasteiger partial charge is 0.375 e. The van der Waals surface area contributed by atoms with Crippen LogP contribution >= 0.6 is 39.1 Å². The molecule has 2 N–H and O–H groups in total. The van der Waals surface area contributed by atoms with Crippen molar-refractivity contribution < 1.29 is 4.79 Å². The third-order valence-corrected chi connectivity index (χ3v) is 4.53. The fourth-order valence-corrected chi connectivity index (χ4v) is 2.32. The van der Waals surface area contributed by atoms with E-state index in [0.717, 1.165) is 11.0 Å². The summed E-state index contributed by atoms with van der Waals surface area (Å²) in [6, 6.07) is 3.57. The fraction of sp³-hybridized carbons (Fsp3) is 0.417. The van der Waals surface area contributed by atoms with Crippen LogP contribution in [0, 0.1) is 5.92 Å². The van der Waals surface area contributed by atoms with Gasteiger partial charge < -0.3 is 10.6 Å². The van der Waals surface area contributed by atoms with Crippen molar-refractivity contribution in [3.05, 3.63) is 26.7 Å². The molecule has 1 saturated carbocycles. The molecular formula is C12H13BrCl2N2O. The Morgan fingerprint density at radius 2 is 2.06 bits per heavy atom. The number of halogens is 3. The third kappa shape index (κ3) is 3.77. The van der Waals surface area contributed by atoms with Gasteiger partial charge in [0.1, 0.15) is 0 Å². The van der Waals surface area contributed by atoms with Gasteiger partial charge in [0.25, 0.3) is 0 Å². The summed E-state index contributed by atoms with van der Waals surface area (Å²) in [5.41, 5.74) is 0.659. The summed E-state index contributed by atoms with van der Waals surface area (Å²) in [6.07, 6.45) is 2.45. The summed E-state index contributed by atoms with van der Waals surface area (Å²) >= 11 is 15.3. The van der Waals surface area contributed by atoms with Gasteiger partial charge in [-0.25, -0.2) is 0 Å². The number of benzene rings is 1. The Hall–Kier alpha value is -0.450. The number of nitrogens with one attached hydrogen (secondary N) is 2. The second-order valence-corrected chi connectivity index (χ2v) is 5.93. The van der Waals surface area contributed by atoms with E-state index < -0.39 is 0 Å². The topological polar surface area (TPSA) is 41.1 Å². The first-order valence-electron chi connectivity index (χ1n) is 5.72. The summed E-state index contributed by atoms with van der Waals surface area (Å²) in [4.78, 5) is 11.6. The van der Waals surface area contributed by atoms with Gasteiger partial charge in [-0.2, -0.15) is 0 Å². The highest BCUT2D eigenvalue weighted by molar-refractivity contribution is 9.10. The smallest absolute Gasteiger partial charge is 0.239 e. The van der Waals surface area contributed by atoms with Gasteiger partial charge >= 0.3 is 0 Å². The van der Waals surface area contributed by atoms with Gasteiger partial charge in [-0.1, -0.05) is 23.2 Å². The maximum atomic E-state index is 11.6. The molecule has 1 amide bonds. The molecule has 6 heteroatoms. The average molecular weight is 352 g/mol. The molecule has 0 aromatic heterocycles. The molecular weight excluding hydrogens is 339 g/mol. The van der Waals surface area contributed by atoms with Crippen LogP contribution in [-0.2, 0) is 4.79 Å². The zero-order valence-corrected chi connectivity index (χ0v) is 12.7. The standard InChI is InChI=1S/C12H13BrCl2N2O/c13-8-3-4-9(12(15)11(8)14)16-6-10(18)17-5-7-1-2-7/h3-4,7,16H,1-2,5-6H2,(H,17,18). The second-order valence-electron chi connectivity index (χ2n) is 4.32. The molecule has 1 aromatic rings. The van der Waals surface area contributed by atoms with Crippen molar-refractivity contribution in [1.29, 1.82) is 0 Å². The van der Waals surface area contributed by atoms with Crippen LogP contribution in [0.15, 0.2) is 16.6 Å². The van der Waals surface area contributed by atoms with Crippen molar-refractivity contribution in [3.63, 3.8) is 0 Å². The minimum absolute atomic E-state index is 0.0305. The lowest BCUT2D eigenvalue weighted by Gasteiger charge is -2.10. The van der Waals surface area contributed by atoms with E-state index in [1.807, 2.05) is 0 Å². The quantitative estimate of drug-likeness (QED) is 0.794. The minimum Gasteiger partial charge on any atom is -0.375 e. The molecule has 0 heterocycles. The third-order valence-electron chi connectivity index (χ3n) is 2.76. The van der Waals surface area contributed by atoms with E-state index in [2.05, 4.69) is 26.6 Å². The molecule has 0 unspecified atom stereocenters. The highest BCUT2D eigenvalue weighted by atomic mass is 79.9. The first kappa shape index (κ1) is 14.0. The monoisotopic (exact) mass is 350 g/mol. The van der Waals surface area contributed by atoms with E-state index in [1.54, 1.807) is 12.1 Å². The summed E-state index contributed by atoms with van der Waals surface area (Å²) in [5, 5.41) is 6.71. The number of anilines is 1. The lowest BCUT2D eigenvalue weighted by molar-refractivity contribution is -0.119. The fourth-order valence-electron chi connectivity index (χ4n) is 1.48. The van der Waals surface area contributed by atoms with E-state index >= 15 is 0 Å². The van der Waals surface area contributed by atoms with Gasteiger partial charge in [0.15, 0.2) is 0 Å². The predicted molar refractivity (Wildman–Crippen MR) is 78.4 cm³/mol. The van der Waals surface area contributed by atoms with Crippen LogP contribution in [0.2, 0.25) is 10.0 Å². The van der Waals surface area contributed by atoms with Crippen molar-refractivity contribution >= 4 is 50.7 Å². The molecule has 1 fully saturated rings. The highest BCUT2D eigenvalue weighted by Gasteiger charge is 2.21. The molecule has 1 aliphatic rings. The van der Waals surface area contributed by atoms with Crippen LogP contribution in [-0.4, -0.2) is 19.0 Å². The first-order valence-corrected chi connectivity index (χ1v) is 7.27. The van der Waals surface area contributed by atoms with E-state index in [-0.39, 0.29) is 12.5 Å². The molecule has 18 heavy (non-hydrogen) atoms. The molecule has 0 bridgehead atoms. The molecule has 1 aromatic carbocycles. The lowest BCUT2D eigenvalue weighted by Crippen LogP contribution is -2.31. The van der Waals surface area contributed by atoms with Gasteiger partial charge in [0, 0.05) is 11.0 Å². The van der Waals surface area contributed by atoms with Gasteiger partial charge in [-0.15, -0.1) is 0 Å². The number of hydrogen-bond donors (Lipinski definition) is 2. The molecule has 98 valence electrons. The Balaban J connectivity index is 1.85. The Bertz CT molecular complexity index is 464. The van der Waals surface area contributed by atoms with Gasteiger partial charge in [-0.05, 0) is 46.8 Å². The number of carbonyl (C=O) groups excluding carboxylic acids is 1. The SMILES string of the molecule is O=C(CNc1ccc(Br)c(Cl)c1Cl)NCC1CC1. The first-order chi connectivity index (χ1) is 8.58. The molecule has 0 radical (unpaired) electrons. The molecule has 0 aliphatic heterocycles. The van der Waals surface area contributed by atoms with Crippen molar-refractivity contribution in [2.45, 2.75) is 12.8 Å². The van der Waals surface area contributed by atoms with Gasteiger partial charge in [0.05, 0.1) is 22.3 Å². The van der Waals surface area contributed by atoms with Crippen LogP contribution in [0.1, 0.15) is 12.8 Å². The maximum Gasteiger partial charge on any atom is 0.239 e. The van der Waals surface area contributed by atoms with Crippen molar-refractivity contribution in [3.8, 4) is 0 Å². The van der Waals surface area contributed by atoms with Crippen LogP contribution in [0.4, 0.5) is 5.69 Å². The molecule has 2 rings (SSSR count). The van der Waals surface area contributed by atoms with E-state index in [0.29, 0.717) is 21.7 Å². The molecule has 0 spiro atoms. The minimum atomic E-state index is -0.0305. The van der Waals surface area contributed by atoms with Crippen molar-refractivity contribution in [2.75, 3.05) is 18.4 Å². The predicted octanol–water partition coefficient (Wildman–Crippen LogP) is 3.69. The van der Waals surface area contributed by atoms with Crippen LogP contribution in [0.3, 0.4) is 0 Å². The molecule has 3 nitrogen and oxygen atoms in total. The number of carbonyl (C=O) groups is 1. The lowest BCUT2D eigenvalue weighted by atomic mass is 10.3. The second kappa shape index (κ2) is 6.13. The zero-order chi connectivity index (χ0) is 13.1. The van der Waals surface area contributed by atoms with Gasteiger partial charge in [-0.3, -0.25) is 4.79 Å². The molecule has 1 aliphatic carbocycles. The van der Waals surface area contributed by atoms with Crippen LogP contribution < -0.4 is 10.6 Å². The van der Waals surface area contributed by atoms with Crippen LogP contribution in [0.25, 0.3) is 0 Å². The summed E-state index contributed by atoms with van der Waals surface area (Å²) in [6.45, 7) is 0.972. The molecule has 0 atom stereocenters. The summed E-state index contributed by atoms with van der Waals surface area (Å²) < 4.78 is 0.734.